The van der Waals surface area contributed by atoms with E-state index in [4.69, 9.17) is 11.6 Å². The van der Waals surface area contributed by atoms with Crippen LogP contribution in [0.15, 0.2) is 17.6 Å². The van der Waals surface area contributed by atoms with Crippen molar-refractivity contribution in [2.24, 2.45) is 16.7 Å². The minimum atomic E-state index is -0.0279. The number of hydrazone groups is 1. The molecule has 0 rings (SSSR count). The van der Waals surface area contributed by atoms with Crippen LogP contribution in [0.1, 0.15) is 0 Å². The van der Waals surface area contributed by atoms with Crippen molar-refractivity contribution in [2.45, 2.75) is 0 Å². The van der Waals surface area contributed by atoms with E-state index in [0.29, 0.717) is 5.28 Å². The molecule has 0 aliphatic heterocycles. The SMILES string of the molecule is C=NN(N)OC(=C)N. The van der Waals surface area contributed by atoms with Gasteiger partial charge in [0, 0.05) is 6.72 Å². The van der Waals surface area contributed by atoms with Crippen LogP contribution < -0.4 is 11.6 Å². The van der Waals surface area contributed by atoms with Gasteiger partial charge in [0.05, 0.1) is 0 Å². The molecule has 0 heterocycles. The summed E-state index contributed by atoms with van der Waals surface area (Å²) in [6, 6.07) is 0. The summed E-state index contributed by atoms with van der Waals surface area (Å²) in [6.07, 6.45) is 0. The monoisotopic (exact) mass is 116 g/mol. The topological polar surface area (TPSA) is 76.9 Å². The first kappa shape index (κ1) is 6.77. The zero-order valence-corrected chi connectivity index (χ0v) is 4.37. The highest BCUT2D eigenvalue weighted by Crippen LogP contribution is 1.83. The fourth-order valence-electron chi connectivity index (χ4n) is 0.149. The molecule has 0 spiro atoms. The van der Waals surface area contributed by atoms with Gasteiger partial charge in [-0.1, -0.05) is 0 Å². The smallest absolute Gasteiger partial charge is 0.214 e. The van der Waals surface area contributed by atoms with Crippen molar-refractivity contribution in [3.63, 3.8) is 0 Å². The third-order valence-corrected chi connectivity index (χ3v) is 0.350. The van der Waals surface area contributed by atoms with E-state index < -0.39 is 0 Å². The van der Waals surface area contributed by atoms with Gasteiger partial charge >= 0.3 is 0 Å². The van der Waals surface area contributed by atoms with Gasteiger partial charge in [0.2, 0.25) is 5.88 Å². The third-order valence-electron chi connectivity index (χ3n) is 0.350. The van der Waals surface area contributed by atoms with Crippen LogP contribution in [0.25, 0.3) is 0 Å². The summed E-state index contributed by atoms with van der Waals surface area (Å²) < 4.78 is 0. The average Bonchev–Trinajstić information content (AvgIpc) is 1.65. The molecule has 0 unspecified atom stereocenters. The van der Waals surface area contributed by atoms with Crippen LogP contribution in [-0.2, 0) is 4.84 Å². The van der Waals surface area contributed by atoms with Gasteiger partial charge in [0.25, 0.3) is 0 Å². The van der Waals surface area contributed by atoms with Crippen molar-refractivity contribution >= 4 is 6.72 Å². The fourth-order valence-corrected chi connectivity index (χ4v) is 0.149. The molecule has 4 N–H and O–H groups in total. The lowest BCUT2D eigenvalue weighted by atomic mass is 11.0. The summed E-state index contributed by atoms with van der Waals surface area (Å²) in [5.41, 5.74) is 4.94. The summed E-state index contributed by atoms with van der Waals surface area (Å²) in [7, 11) is 0. The maximum absolute atomic E-state index is 4.94. The predicted molar refractivity (Wildman–Crippen MR) is 30.0 cm³/mol. The largest absolute Gasteiger partial charge is 0.368 e. The predicted octanol–water partition coefficient (Wildman–Crippen LogP) is -0.861. The van der Waals surface area contributed by atoms with Crippen LogP contribution in [0.5, 0.6) is 0 Å². The molecule has 0 radical (unpaired) electrons. The Kier molecular flexibility index (Phi) is 2.42. The van der Waals surface area contributed by atoms with E-state index in [1.54, 1.807) is 0 Å². The lowest BCUT2D eigenvalue weighted by Crippen LogP contribution is -2.26. The molecule has 5 heteroatoms. The molecule has 0 bridgehead atoms. The first-order valence-corrected chi connectivity index (χ1v) is 1.80. The third kappa shape index (κ3) is 2.98. The Morgan fingerprint density at radius 2 is 2.25 bits per heavy atom. The van der Waals surface area contributed by atoms with Crippen molar-refractivity contribution in [2.75, 3.05) is 0 Å². The maximum atomic E-state index is 4.94. The van der Waals surface area contributed by atoms with Crippen molar-refractivity contribution in [1.29, 1.82) is 0 Å². The summed E-state index contributed by atoms with van der Waals surface area (Å²) in [4.78, 5) is 4.36. The number of rotatable bonds is 3. The van der Waals surface area contributed by atoms with Gasteiger partial charge in [0.1, 0.15) is 0 Å². The molecule has 0 saturated carbocycles. The van der Waals surface area contributed by atoms with Crippen molar-refractivity contribution in [3.05, 3.63) is 12.5 Å². The standard InChI is InChI=1S/C3H8N4O/c1-3(4)8-7(5)6-2/h1-2,4-5H2. The van der Waals surface area contributed by atoms with Crippen molar-refractivity contribution < 1.29 is 4.84 Å². The van der Waals surface area contributed by atoms with E-state index in [-0.39, 0.29) is 5.88 Å². The Labute approximate surface area is 47.1 Å². The molecular weight excluding hydrogens is 108 g/mol. The highest BCUT2D eigenvalue weighted by Gasteiger charge is 1.88. The minimum absolute atomic E-state index is 0.0279. The van der Waals surface area contributed by atoms with Gasteiger partial charge in [-0.05, 0) is 11.9 Å². The van der Waals surface area contributed by atoms with Gasteiger partial charge in [0.15, 0.2) is 0 Å². The van der Waals surface area contributed by atoms with Gasteiger partial charge in [-0.2, -0.15) is 5.84 Å². The number of hydrazine groups is 1. The van der Waals surface area contributed by atoms with Crippen LogP contribution in [0.2, 0.25) is 0 Å². The van der Waals surface area contributed by atoms with Gasteiger partial charge in [-0.3, -0.25) is 0 Å². The Morgan fingerprint density at radius 3 is 2.38 bits per heavy atom. The van der Waals surface area contributed by atoms with Crippen molar-refractivity contribution in [1.82, 2.24) is 5.28 Å². The van der Waals surface area contributed by atoms with E-state index in [2.05, 4.69) is 23.2 Å². The maximum Gasteiger partial charge on any atom is 0.214 e. The van der Waals surface area contributed by atoms with E-state index in [1.165, 1.54) is 0 Å². The van der Waals surface area contributed by atoms with Gasteiger partial charge < -0.3 is 10.6 Å². The second-order valence-corrected chi connectivity index (χ2v) is 1.00. The summed E-state index contributed by atoms with van der Waals surface area (Å²) in [5.74, 6) is 4.89. The van der Waals surface area contributed by atoms with E-state index in [1.807, 2.05) is 0 Å². The zero-order chi connectivity index (χ0) is 6.57. The summed E-state index contributed by atoms with van der Waals surface area (Å²) >= 11 is 0. The van der Waals surface area contributed by atoms with Crippen LogP contribution in [0.3, 0.4) is 0 Å². The highest BCUT2D eigenvalue weighted by atomic mass is 16.7. The van der Waals surface area contributed by atoms with E-state index >= 15 is 0 Å². The molecule has 0 saturated heterocycles. The molecule has 0 aromatic heterocycles. The molecule has 0 aromatic rings. The van der Waals surface area contributed by atoms with Crippen molar-refractivity contribution in [3.8, 4) is 0 Å². The van der Waals surface area contributed by atoms with Crippen LogP contribution in [0.4, 0.5) is 0 Å². The molecule has 0 aromatic carbocycles. The van der Waals surface area contributed by atoms with Gasteiger partial charge in [-0.15, -0.1) is 5.10 Å². The van der Waals surface area contributed by atoms with Crippen LogP contribution >= 0.6 is 0 Å². The Bertz CT molecular complexity index is 101. The molecule has 0 aliphatic carbocycles. The Balaban J connectivity index is 3.38. The Hall–Kier alpha value is -1.23. The molecule has 0 amide bonds. The summed E-state index contributed by atoms with van der Waals surface area (Å²) in [6.45, 7) is 6.23. The van der Waals surface area contributed by atoms with Crippen LogP contribution in [0, 0.1) is 0 Å². The molecule has 0 fully saturated rings. The second-order valence-electron chi connectivity index (χ2n) is 1.00. The van der Waals surface area contributed by atoms with Crippen LogP contribution in [-0.4, -0.2) is 12.0 Å². The number of nitrogens with zero attached hydrogens (tertiary/aromatic N) is 2. The first-order valence-electron chi connectivity index (χ1n) is 1.80. The highest BCUT2D eigenvalue weighted by molar-refractivity contribution is 5.21. The summed E-state index contributed by atoms with van der Waals surface area (Å²) in [5, 5.41) is 3.74. The fraction of sp³-hybridized carbons (Fsp3) is 0. The number of hydrogen-bond acceptors (Lipinski definition) is 5. The first-order chi connectivity index (χ1) is 3.66. The number of hydrogen-bond donors (Lipinski definition) is 2. The second kappa shape index (κ2) is 2.86. The van der Waals surface area contributed by atoms with Gasteiger partial charge in [-0.25, -0.2) is 0 Å². The molecule has 0 atom stereocenters. The average molecular weight is 116 g/mol. The molecule has 5 nitrogen and oxygen atoms in total. The Morgan fingerprint density at radius 1 is 1.75 bits per heavy atom. The van der Waals surface area contributed by atoms with E-state index in [0.717, 1.165) is 0 Å². The number of nitrogens with two attached hydrogens (primary N) is 2. The minimum Gasteiger partial charge on any atom is -0.368 e. The lowest BCUT2D eigenvalue weighted by molar-refractivity contribution is -0.121. The normalized spacial score (nSPS) is 7.62. The quantitative estimate of drug-likeness (QED) is 0.218. The van der Waals surface area contributed by atoms with E-state index in [9.17, 15) is 0 Å². The molecule has 8 heavy (non-hydrogen) atoms. The lowest BCUT2D eigenvalue weighted by Gasteiger charge is -2.09. The molecular formula is C3H8N4O. The zero-order valence-electron chi connectivity index (χ0n) is 4.37. The molecule has 46 valence electrons. The molecule has 0 aliphatic rings.